The molecule has 0 aliphatic heterocycles. The quantitative estimate of drug-likeness (QED) is 0.367. The van der Waals surface area contributed by atoms with Crippen molar-refractivity contribution in [2.24, 2.45) is 0 Å². The van der Waals surface area contributed by atoms with Crippen LogP contribution in [0.2, 0.25) is 0 Å². The average molecular weight is 587 g/mol. The molecule has 3 aromatic rings. The van der Waals surface area contributed by atoms with Gasteiger partial charge in [-0.15, -0.1) is 0 Å². The van der Waals surface area contributed by atoms with E-state index in [1.807, 2.05) is 45.0 Å². The lowest BCUT2D eigenvalue weighted by molar-refractivity contribution is -0.139. The third-order valence-corrected chi connectivity index (χ3v) is 8.05. The van der Waals surface area contributed by atoms with Gasteiger partial charge in [-0.25, -0.2) is 8.42 Å². The molecule has 0 saturated carbocycles. The van der Waals surface area contributed by atoms with Crippen molar-refractivity contribution in [2.75, 3.05) is 10.8 Å². The molecule has 196 valence electrons. The van der Waals surface area contributed by atoms with E-state index in [1.54, 1.807) is 49.4 Å². The molecular formula is C28H32BrN3O4S. The first-order valence-corrected chi connectivity index (χ1v) is 14.2. The Bertz CT molecular complexity index is 1330. The fraction of sp³-hybridized carbons (Fsp3) is 0.286. The Morgan fingerprint density at radius 1 is 0.919 bits per heavy atom. The number of benzene rings is 3. The van der Waals surface area contributed by atoms with E-state index in [1.165, 1.54) is 17.0 Å². The van der Waals surface area contributed by atoms with Crippen LogP contribution in [0.4, 0.5) is 5.69 Å². The largest absolute Gasteiger partial charge is 0.352 e. The van der Waals surface area contributed by atoms with Crippen molar-refractivity contribution in [1.82, 2.24) is 10.2 Å². The van der Waals surface area contributed by atoms with Gasteiger partial charge in [0.1, 0.15) is 12.6 Å². The summed E-state index contributed by atoms with van der Waals surface area (Å²) in [6.07, 6.45) is 0. The maximum absolute atomic E-state index is 13.8. The van der Waals surface area contributed by atoms with E-state index in [2.05, 4.69) is 21.2 Å². The van der Waals surface area contributed by atoms with Crippen LogP contribution in [0.3, 0.4) is 0 Å². The van der Waals surface area contributed by atoms with Gasteiger partial charge in [0.25, 0.3) is 10.0 Å². The number of halogens is 1. The maximum Gasteiger partial charge on any atom is 0.264 e. The molecule has 3 aromatic carbocycles. The highest BCUT2D eigenvalue weighted by molar-refractivity contribution is 9.10. The summed E-state index contributed by atoms with van der Waals surface area (Å²) in [7, 11) is -4.06. The number of carbonyl (C=O) groups is 2. The smallest absolute Gasteiger partial charge is 0.264 e. The van der Waals surface area contributed by atoms with Gasteiger partial charge in [0.05, 0.1) is 10.6 Å². The van der Waals surface area contributed by atoms with Crippen molar-refractivity contribution in [3.8, 4) is 0 Å². The van der Waals surface area contributed by atoms with E-state index in [9.17, 15) is 18.0 Å². The zero-order valence-corrected chi connectivity index (χ0v) is 23.8. The van der Waals surface area contributed by atoms with Crippen molar-refractivity contribution < 1.29 is 18.0 Å². The molecule has 0 heterocycles. The van der Waals surface area contributed by atoms with Crippen LogP contribution in [0, 0.1) is 6.92 Å². The summed E-state index contributed by atoms with van der Waals surface area (Å²) in [5.74, 6) is -0.808. The topological polar surface area (TPSA) is 86.8 Å². The molecule has 0 fully saturated rings. The summed E-state index contributed by atoms with van der Waals surface area (Å²) in [5.41, 5.74) is 2.13. The third-order valence-electron chi connectivity index (χ3n) is 5.77. The first-order valence-electron chi connectivity index (χ1n) is 12.0. The minimum Gasteiger partial charge on any atom is -0.352 e. The molecule has 0 unspecified atom stereocenters. The van der Waals surface area contributed by atoms with Gasteiger partial charge < -0.3 is 10.2 Å². The van der Waals surface area contributed by atoms with E-state index in [-0.39, 0.29) is 23.4 Å². The maximum atomic E-state index is 13.8. The molecule has 1 atom stereocenters. The Hall–Kier alpha value is -3.17. The number of hydrogen-bond donors (Lipinski definition) is 1. The third kappa shape index (κ3) is 7.42. The van der Waals surface area contributed by atoms with Crippen LogP contribution in [0.1, 0.15) is 31.9 Å². The minimum atomic E-state index is -4.06. The van der Waals surface area contributed by atoms with Crippen LogP contribution in [0.5, 0.6) is 0 Å². The molecule has 2 amide bonds. The number of sulfonamides is 1. The lowest BCUT2D eigenvalue weighted by Crippen LogP contribution is -2.52. The van der Waals surface area contributed by atoms with E-state index in [0.29, 0.717) is 5.69 Å². The van der Waals surface area contributed by atoms with Gasteiger partial charge in [-0.2, -0.15) is 0 Å². The lowest BCUT2D eigenvalue weighted by Gasteiger charge is -2.32. The van der Waals surface area contributed by atoms with Crippen molar-refractivity contribution in [3.05, 3.63) is 94.5 Å². The second-order valence-electron chi connectivity index (χ2n) is 9.15. The van der Waals surface area contributed by atoms with Gasteiger partial charge in [0.15, 0.2) is 0 Å². The van der Waals surface area contributed by atoms with Crippen LogP contribution in [-0.2, 0) is 26.2 Å². The number of anilines is 1. The first-order chi connectivity index (χ1) is 17.5. The summed E-state index contributed by atoms with van der Waals surface area (Å²) in [6.45, 7) is 6.91. The molecule has 0 bridgehead atoms. The van der Waals surface area contributed by atoms with Gasteiger partial charge >= 0.3 is 0 Å². The molecule has 0 aliphatic carbocycles. The Kier molecular flexibility index (Phi) is 9.50. The summed E-state index contributed by atoms with van der Waals surface area (Å²) >= 11 is 3.45. The summed E-state index contributed by atoms with van der Waals surface area (Å²) in [6, 6.07) is 21.5. The van der Waals surface area contributed by atoms with Crippen LogP contribution in [-0.4, -0.2) is 43.8 Å². The van der Waals surface area contributed by atoms with E-state index in [0.717, 1.165) is 19.9 Å². The minimum absolute atomic E-state index is 0.0764. The number of hydrogen-bond acceptors (Lipinski definition) is 4. The number of aryl methyl sites for hydroxylation is 1. The van der Waals surface area contributed by atoms with Crippen LogP contribution < -0.4 is 9.62 Å². The first kappa shape index (κ1) is 28.4. The predicted octanol–water partition coefficient (Wildman–Crippen LogP) is 4.89. The normalized spacial score (nSPS) is 12.2. The number of amides is 2. The number of carbonyl (C=O) groups excluding carboxylic acids is 2. The predicted molar refractivity (Wildman–Crippen MR) is 150 cm³/mol. The van der Waals surface area contributed by atoms with Crippen molar-refractivity contribution in [2.45, 2.75) is 51.2 Å². The van der Waals surface area contributed by atoms with Gasteiger partial charge in [-0.05, 0) is 69.7 Å². The van der Waals surface area contributed by atoms with Crippen molar-refractivity contribution in [1.29, 1.82) is 0 Å². The molecule has 9 heteroatoms. The van der Waals surface area contributed by atoms with Crippen LogP contribution in [0.15, 0.2) is 88.2 Å². The molecule has 7 nitrogen and oxygen atoms in total. The molecule has 0 saturated heterocycles. The second-order valence-corrected chi connectivity index (χ2v) is 11.9. The summed E-state index contributed by atoms with van der Waals surface area (Å²) in [4.78, 5) is 28.2. The molecule has 3 rings (SSSR count). The number of nitrogens with one attached hydrogen (secondary N) is 1. The Balaban J connectivity index is 2.01. The van der Waals surface area contributed by atoms with Crippen molar-refractivity contribution in [3.63, 3.8) is 0 Å². The van der Waals surface area contributed by atoms with Crippen LogP contribution >= 0.6 is 15.9 Å². The molecular weight excluding hydrogens is 554 g/mol. The molecule has 1 N–H and O–H groups in total. The number of rotatable bonds is 10. The second kappa shape index (κ2) is 12.4. The Morgan fingerprint density at radius 3 is 2.16 bits per heavy atom. The van der Waals surface area contributed by atoms with E-state index in [4.69, 9.17) is 0 Å². The molecule has 37 heavy (non-hydrogen) atoms. The van der Waals surface area contributed by atoms with Gasteiger partial charge in [-0.1, -0.05) is 64.0 Å². The molecule has 0 spiro atoms. The SMILES string of the molecule is Cc1ccc(N(CC(=O)N(Cc2cccc(Br)c2)[C@@H](C)C(=O)NC(C)C)S(=O)(=O)c2ccccc2)cc1. The van der Waals surface area contributed by atoms with Crippen LogP contribution in [0.25, 0.3) is 0 Å². The number of nitrogens with zero attached hydrogens (tertiary/aromatic N) is 2. The Labute approximate surface area is 227 Å². The Morgan fingerprint density at radius 2 is 1.57 bits per heavy atom. The zero-order valence-electron chi connectivity index (χ0n) is 21.4. The van der Waals surface area contributed by atoms with Crippen molar-refractivity contribution >= 4 is 43.5 Å². The monoisotopic (exact) mass is 585 g/mol. The molecule has 0 aromatic heterocycles. The highest BCUT2D eigenvalue weighted by atomic mass is 79.9. The standard InChI is InChI=1S/C28H32BrN3O4S/c1-20(2)30-28(34)22(4)31(18-23-9-8-10-24(29)17-23)27(33)19-32(25-15-13-21(3)14-16-25)37(35,36)26-11-6-5-7-12-26/h5-17,20,22H,18-19H2,1-4H3,(H,30,34)/t22-/m0/s1. The van der Waals surface area contributed by atoms with Gasteiger partial charge in [0.2, 0.25) is 11.8 Å². The lowest BCUT2D eigenvalue weighted by atomic mass is 10.1. The zero-order chi connectivity index (χ0) is 27.2. The summed E-state index contributed by atoms with van der Waals surface area (Å²) in [5, 5.41) is 2.85. The fourth-order valence-electron chi connectivity index (χ4n) is 3.78. The van der Waals surface area contributed by atoms with E-state index >= 15 is 0 Å². The average Bonchev–Trinajstić information content (AvgIpc) is 2.86. The van der Waals surface area contributed by atoms with E-state index < -0.39 is 28.5 Å². The molecule has 0 aliphatic rings. The highest BCUT2D eigenvalue weighted by Gasteiger charge is 2.32. The summed E-state index contributed by atoms with van der Waals surface area (Å²) < 4.78 is 29.3. The molecule has 0 radical (unpaired) electrons. The van der Waals surface area contributed by atoms with Gasteiger partial charge in [0, 0.05) is 17.1 Å². The van der Waals surface area contributed by atoms with Gasteiger partial charge in [-0.3, -0.25) is 13.9 Å². The highest BCUT2D eigenvalue weighted by Crippen LogP contribution is 2.25. The fourth-order valence-corrected chi connectivity index (χ4v) is 5.66.